The van der Waals surface area contributed by atoms with Gasteiger partial charge in [0.1, 0.15) is 0 Å². The molecule has 3 aromatic heterocycles. The Morgan fingerprint density at radius 2 is 1.79 bits per heavy atom. The van der Waals surface area contributed by atoms with Crippen LogP contribution in [0, 0.1) is 0 Å². The first-order chi connectivity index (χ1) is 19.0. The summed E-state index contributed by atoms with van der Waals surface area (Å²) in [6, 6.07) is 21.9. The molecule has 2 aliphatic rings. The highest BCUT2D eigenvalue weighted by atomic mass is 35.5. The number of imidazole rings is 1. The molecule has 196 valence electrons. The summed E-state index contributed by atoms with van der Waals surface area (Å²) < 4.78 is 7.43. The molecule has 0 unspecified atom stereocenters. The van der Waals surface area contributed by atoms with Crippen LogP contribution in [0.2, 0.25) is 5.15 Å². The molecule has 8 nitrogen and oxygen atoms in total. The van der Waals surface area contributed by atoms with Crippen LogP contribution in [0.15, 0.2) is 66.7 Å². The highest BCUT2D eigenvalue weighted by Crippen LogP contribution is 2.56. The molecule has 1 saturated heterocycles. The summed E-state index contributed by atoms with van der Waals surface area (Å²) in [5, 5.41) is 15.4. The van der Waals surface area contributed by atoms with E-state index in [1.54, 1.807) is 0 Å². The SMILES string of the molecule is O=C(O)Cc1ccc(-c2c([C@@H]3C[C@@H]3c3ccc4ccccc4n3)nc3c(N4CCOCC4)cc(Cl)nn23)cc1. The Kier molecular flexibility index (Phi) is 5.94. The molecule has 1 N–H and O–H groups in total. The molecule has 1 aliphatic heterocycles. The number of para-hydroxylation sites is 1. The molecular formula is C30H26ClN5O3. The van der Waals surface area contributed by atoms with Crippen LogP contribution in [0.5, 0.6) is 0 Å². The molecule has 39 heavy (non-hydrogen) atoms. The monoisotopic (exact) mass is 539 g/mol. The van der Waals surface area contributed by atoms with Gasteiger partial charge < -0.3 is 14.7 Å². The zero-order valence-corrected chi connectivity index (χ0v) is 21.9. The summed E-state index contributed by atoms with van der Waals surface area (Å²) in [6.07, 6.45) is 0.920. The van der Waals surface area contributed by atoms with E-state index in [4.69, 9.17) is 31.4 Å². The van der Waals surface area contributed by atoms with Crippen LogP contribution >= 0.6 is 11.6 Å². The van der Waals surface area contributed by atoms with Crippen LogP contribution < -0.4 is 4.90 Å². The van der Waals surface area contributed by atoms with Crippen LogP contribution in [-0.2, 0) is 16.0 Å². The number of aromatic nitrogens is 4. The molecule has 5 aromatic rings. The van der Waals surface area contributed by atoms with E-state index in [0.717, 1.165) is 70.0 Å². The lowest BCUT2D eigenvalue weighted by atomic mass is 10.0. The van der Waals surface area contributed by atoms with Crippen LogP contribution in [0.25, 0.3) is 27.8 Å². The minimum absolute atomic E-state index is 0.0239. The Hall–Kier alpha value is -4.01. The number of ether oxygens (including phenoxy) is 1. The van der Waals surface area contributed by atoms with E-state index in [0.29, 0.717) is 18.4 Å². The Bertz CT molecular complexity index is 1710. The van der Waals surface area contributed by atoms with Gasteiger partial charge in [-0.3, -0.25) is 9.78 Å². The number of nitrogens with zero attached hydrogens (tertiary/aromatic N) is 5. The summed E-state index contributed by atoms with van der Waals surface area (Å²) in [4.78, 5) is 23.7. The van der Waals surface area contributed by atoms with E-state index in [2.05, 4.69) is 23.1 Å². The predicted molar refractivity (Wildman–Crippen MR) is 150 cm³/mol. The van der Waals surface area contributed by atoms with Gasteiger partial charge in [-0.2, -0.15) is 5.10 Å². The van der Waals surface area contributed by atoms with Crippen molar-refractivity contribution in [2.24, 2.45) is 0 Å². The molecule has 9 heteroatoms. The Balaban J connectivity index is 1.35. The first-order valence-electron chi connectivity index (χ1n) is 13.1. The number of rotatable bonds is 6. The van der Waals surface area contributed by atoms with Crippen LogP contribution in [0.4, 0.5) is 5.69 Å². The third-order valence-corrected chi connectivity index (χ3v) is 7.82. The second kappa shape index (κ2) is 9.63. The van der Waals surface area contributed by atoms with Crippen molar-refractivity contribution in [1.29, 1.82) is 0 Å². The van der Waals surface area contributed by atoms with Crippen molar-refractivity contribution in [1.82, 2.24) is 19.6 Å². The second-order valence-corrected chi connectivity index (χ2v) is 10.6. The Morgan fingerprint density at radius 1 is 1.00 bits per heavy atom. The maximum Gasteiger partial charge on any atom is 0.307 e. The van der Waals surface area contributed by atoms with Crippen LogP contribution in [-0.4, -0.2) is 57.0 Å². The van der Waals surface area contributed by atoms with Gasteiger partial charge in [0.25, 0.3) is 0 Å². The van der Waals surface area contributed by atoms with Gasteiger partial charge >= 0.3 is 5.97 Å². The van der Waals surface area contributed by atoms with Crippen LogP contribution in [0.3, 0.4) is 0 Å². The van der Waals surface area contributed by atoms with E-state index in [1.165, 1.54) is 0 Å². The number of halogens is 1. The van der Waals surface area contributed by atoms with Crippen molar-refractivity contribution in [3.63, 3.8) is 0 Å². The second-order valence-electron chi connectivity index (χ2n) is 10.2. The van der Waals surface area contributed by atoms with E-state index >= 15 is 0 Å². The fraction of sp³-hybridized carbons (Fsp3) is 0.267. The number of anilines is 1. The topological polar surface area (TPSA) is 92.8 Å². The first kappa shape index (κ1) is 24.1. The third kappa shape index (κ3) is 4.49. The standard InChI is InChI=1S/C30H26ClN5O3/c31-26-17-25(35-11-13-39-14-12-35)30-33-28(22-16-21(22)24-10-9-19-3-1-2-4-23(19)32-24)29(36(30)34-26)20-7-5-18(6-8-20)15-27(37)38/h1-10,17,21-22H,11-16H2,(H,37,38)/t21-,22+/m0/s1. The zero-order chi connectivity index (χ0) is 26.5. The maximum atomic E-state index is 11.2. The van der Waals surface area contributed by atoms with E-state index in [-0.39, 0.29) is 18.3 Å². The number of carboxylic acid groups (broad SMARTS) is 1. The number of morpholine rings is 1. The summed E-state index contributed by atoms with van der Waals surface area (Å²) >= 11 is 6.58. The fourth-order valence-electron chi connectivity index (χ4n) is 5.63. The largest absolute Gasteiger partial charge is 0.481 e. The number of pyridine rings is 1. The van der Waals surface area contributed by atoms with Crippen molar-refractivity contribution in [2.45, 2.75) is 24.7 Å². The van der Waals surface area contributed by atoms with Crippen LogP contribution in [0.1, 0.15) is 35.2 Å². The van der Waals surface area contributed by atoms with Gasteiger partial charge in [-0.05, 0) is 24.1 Å². The van der Waals surface area contributed by atoms with Crippen molar-refractivity contribution >= 4 is 39.8 Å². The predicted octanol–water partition coefficient (Wildman–Crippen LogP) is 5.33. The zero-order valence-electron chi connectivity index (χ0n) is 21.1. The molecule has 1 saturated carbocycles. The number of fused-ring (bicyclic) bond motifs is 2. The molecule has 2 aromatic carbocycles. The highest BCUT2D eigenvalue weighted by molar-refractivity contribution is 6.29. The number of hydrogen-bond donors (Lipinski definition) is 1. The van der Waals surface area contributed by atoms with Gasteiger partial charge in [0.15, 0.2) is 10.8 Å². The van der Waals surface area contributed by atoms with Crippen molar-refractivity contribution < 1.29 is 14.6 Å². The number of hydrogen-bond acceptors (Lipinski definition) is 6. The molecule has 0 spiro atoms. The highest BCUT2D eigenvalue weighted by Gasteiger charge is 2.44. The third-order valence-electron chi connectivity index (χ3n) is 7.64. The molecular weight excluding hydrogens is 514 g/mol. The lowest BCUT2D eigenvalue weighted by molar-refractivity contribution is -0.136. The van der Waals surface area contributed by atoms with Crippen molar-refractivity contribution in [3.8, 4) is 11.3 Å². The lowest BCUT2D eigenvalue weighted by Gasteiger charge is -2.28. The number of carboxylic acids is 1. The van der Waals surface area contributed by atoms with Gasteiger partial charge in [0.2, 0.25) is 0 Å². The van der Waals surface area contributed by atoms with Crippen molar-refractivity contribution in [3.05, 3.63) is 88.8 Å². The number of carbonyl (C=O) groups is 1. The number of aliphatic carboxylic acids is 1. The summed E-state index contributed by atoms with van der Waals surface area (Å²) in [7, 11) is 0. The minimum Gasteiger partial charge on any atom is -0.481 e. The average Bonchev–Trinajstić information content (AvgIpc) is 3.66. The Labute approximate surface area is 229 Å². The molecule has 2 atom stereocenters. The molecule has 0 bridgehead atoms. The molecule has 4 heterocycles. The van der Waals surface area contributed by atoms with Gasteiger partial charge in [0.05, 0.1) is 42.2 Å². The quantitative estimate of drug-likeness (QED) is 0.311. The normalized spacial score (nSPS) is 19.1. The van der Waals surface area contributed by atoms with Gasteiger partial charge in [-0.25, -0.2) is 9.50 Å². The first-order valence-corrected chi connectivity index (χ1v) is 13.5. The maximum absolute atomic E-state index is 11.2. The number of benzene rings is 2. The molecule has 7 rings (SSSR count). The van der Waals surface area contributed by atoms with Gasteiger partial charge in [0, 0.05) is 47.6 Å². The summed E-state index contributed by atoms with van der Waals surface area (Å²) in [5.41, 5.74) is 7.28. The van der Waals surface area contributed by atoms with Gasteiger partial charge in [-0.15, -0.1) is 0 Å². The van der Waals surface area contributed by atoms with Gasteiger partial charge in [-0.1, -0.05) is 60.1 Å². The van der Waals surface area contributed by atoms with E-state index in [9.17, 15) is 9.90 Å². The summed E-state index contributed by atoms with van der Waals surface area (Å²) in [5.74, 6) is -0.414. The minimum atomic E-state index is -0.856. The molecule has 0 amide bonds. The van der Waals surface area contributed by atoms with E-state index < -0.39 is 5.97 Å². The molecule has 1 aliphatic carbocycles. The smallest absolute Gasteiger partial charge is 0.307 e. The molecule has 2 fully saturated rings. The fourth-order valence-corrected chi connectivity index (χ4v) is 5.81. The van der Waals surface area contributed by atoms with Crippen molar-refractivity contribution in [2.75, 3.05) is 31.2 Å². The molecule has 0 radical (unpaired) electrons. The summed E-state index contributed by atoms with van der Waals surface area (Å²) in [6.45, 7) is 2.81. The lowest BCUT2D eigenvalue weighted by Crippen LogP contribution is -2.36. The van der Waals surface area contributed by atoms with E-state index in [1.807, 2.05) is 53.0 Å². The average molecular weight is 540 g/mol. The Morgan fingerprint density at radius 3 is 2.59 bits per heavy atom.